The molecule has 0 saturated heterocycles. The van der Waals surface area contributed by atoms with Gasteiger partial charge in [0, 0.05) is 0 Å². The highest BCUT2D eigenvalue weighted by Crippen LogP contribution is 2.15. The van der Waals surface area contributed by atoms with Crippen LogP contribution in [0.4, 0.5) is 0 Å². The van der Waals surface area contributed by atoms with E-state index in [2.05, 4.69) is 13.8 Å². The summed E-state index contributed by atoms with van der Waals surface area (Å²) in [6.07, 6.45) is 10.5. The molecule has 0 saturated carbocycles. The fraction of sp³-hybridized carbons (Fsp3) is 0.632. The van der Waals surface area contributed by atoms with Crippen molar-refractivity contribution in [1.82, 2.24) is 0 Å². The van der Waals surface area contributed by atoms with Crippen molar-refractivity contribution in [3.05, 3.63) is 35.9 Å². The van der Waals surface area contributed by atoms with Gasteiger partial charge in [-0.05, 0) is 25.0 Å². The van der Waals surface area contributed by atoms with Gasteiger partial charge < -0.3 is 0 Å². The van der Waals surface area contributed by atoms with Crippen molar-refractivity contribution < 1.29 is 14.6 Å². The third-order valence-electron chi connectivity index (χ3n) is 3.76. The van der Waals surface area contributed by atoms with Crippen LogP contribution in [0.15, 0.2) is 30.3 Å². The Bertz CT molecular complexity index is 389. The molecule has 3 nitrogen and oxygen atoms in total. The highest BCUT2D eigenvalue weighted by atomic mass is 17.2. The van der Waals surface area contributed by atoms with Gasteiger partial charge >= 0.3 is 5.97 Å². The van der Waals surface area contributed by atoms with Gasteiger partial charge in [-0.1, -0.05) is 77.0 Å². The molecule has 0 fully saturated rings. The number of rotatable bonds is 12. The van der Waals surface area contributed by atoms with Crippen LogP contribution in [0.3, 0.4) is 0 Å². The zero-order chi connectivity index (χ0) is 16.0. The minimum atomic E-state index is -0.412. The molecule has 0 aliphatic heterocycles. The average Bonchev–Trinajstić information content (AvgIpc) is 2.56. The van der Waals surface area contributed by atoms with Crippen LogP contribution in [0.2, 0.25) is 0 Å². The fourth-order valence-electron chi connectivity index (χ4n) is 2.45. The molecular formula is C19H30O3. The van der Waals surface area contributed by atoms with E-state index < -0.39 is 5.97 Å². The van der Waals surface area contributed by atoms with Gasteiger partial charge in [0.2, 0.25) is 0 Å². The Labute approximate surface area is 134 Å². The summed E-state index contributed by atoms with van der Waals surface area (Å²) in [6.45, 7) is 4.35. The summed E-state index contributed by atoms with van der Waals surface area (Å²) in [7, 11) is 0. The maximum Gasteiger partial charge on any atom is 0.373 e. The minimum absolute atomic E-state index is 0.0174. The molecule has 0 bridgehead atoms. The summed E-state index contributed by atoms with van der Waals surface area (Å²) in [5.74, 6) is -0.412. The zero-order valence-corrected chi connectivity index (χ0v) is 14.1. The van der Waals surface area contributed by atoms with E-state index in [9.17, 15) is 4.79 Å². The average molecular weight is 306 g/mol. The molecule has 0 aromatic heterocycles. The van der Waals surface area contributed by atoms with Crippen molar-refractivity contribution in [3.63, 3.8) is 0 Å². The van der Waals surface area contributed by atoms with Crippen molar-refractivity contribution in [2.45, 2.75) is 77.7 Å². The van der Waals surface area contributed by atoms with Crippen molar-refractivity contribution in [1.29, 1.82) is 0 Å². The lowest BCUT2D eigenvalue weighted by atomic mass is 10.0. The van der Waals surface area contributed by atoms with Crippen molar-refractivity contribution in [2.24, 2.45) is 0 Å². The van der Waals surface area contributed by atoms with Crippen LogP contribution < -0.4 is 0 Å². The number of hydrogen-bond acceptors (Lipinski definition) is 3. The number of hydrogen-bond donors (Lipinski definition) is 0. The molecule has 124 valence electrons. The van der Waals surface area contributed by atoms with E-state index in [4.69, 9.17) is 9.78 Å². The summed E-state index contributed by atoms with van der Waals surface area (Å²) < 4.78 is 0. The Morgan fingerprint density at radius 3 is 2.27 bits per heavy atom. The molecular weight excluding hydrogens is 276 g/mol. The Kier molecular flexibility index (Phi) is 10.4. The lowest BCUT2D eigenvalue weighted by molar-refractivity contribution is -0.277. The predicted molar refractivity (Wildman–Crippen MR) is 89.6 cm³/mol. The van der Waals surface area contributed by atoms with Crippen molar-refractivity contribution in [2.75, 3.05) is 0 Å². The van der Waals surface area contributed by atoms with E-state index in [0.29, 0.717) is 5.56 Å². The summed E-state index contributed by atoms with van der Waals surface area (Å²) >= 11 is 0. The number of carbonyl (C=O) groups is 1. The van der Waals surface area contributed by atoms with Gasteiger partial charge in [0.15, 0.2) is 0 Å². The van der Waals surface area contributed by atoms with Crippen LogP contribution >= 0.6 is 0 Å². The molecule has 0 heterocycles. The monoisotopic (exact) mass is 306 g/mol. The van der Waals surface area contributed by atoms with Crippen LogP contribution in [0.25, 0.3) is 0 Å². The maximum absolute atomic E-state index is 11.9. The first-order chi connectivity index (χ1) is 10.8. The molecule has 0 radical (unpaired) electrons. The molecule has 3 heteroatoms. The molecule has 0 aliphatic carbocycles. The molecule has 1 atom stereocenters. The lowest BCUT2D eigenvalue weighted by Crippen LogP contribution is -2.16. The van der Waals surface area contributed by atoms with Gasteiger partial charge in [-0.25, -0.2) is 4.79 Å². The SMILES string of the molecule is CCCCCCCCC(CCC)OOC(=O)c1ccccc1. The zero-order valence-electron chi connectivity index (χ0n) is 14.1. The number of unbranched alkanes of at least 4 members (excludes halogenated alkanes) is 5. The second-order valence-corrected chi connectivity index (χ2v) is 5.80. The van der Waals surface area contributed by atoms with Crippen LogP contribution in [0.1, 0.15) is 82.0 Å². The van der Waals surface area contributed by atoms with Crippen molar-refractivity contribution in [3.8, 4) is 0 Å². The highest BCUT2D eigenvalue weighted by molar-refractivity contribution is 5.88. The summed E-state index contributed by atoms with van der Waals surface area (Å²) in [5, 5.41) is 0. The first-order valence-electron chi connectivity index (χ1n) is 8.70. The lowest BCUT2D eigenvalue weighted by Gasteiger charge is -2.15. The molecule has 1 unspecified atom stereocenters. The Balaban J connectivity index is 2.24. The van der Waals surface area contributed by atoms with Crippen LogP contribution in [0, 0.1) is 0 Å². The van der Waals surface area contributed by atoms with E-state index in [0.717, 1.165) is 25.7 Å². The highest BCUT2D eigenvalue weighted by Gasteiger charge is 2.14. The summed E-state index contributed by atoms with van der Waals surface area (Å²) in [6, 6.07) is 8.96. The van der Waals surface area contributed by atoms with Gasteiger partial charge in [-0.2, -0.15) is 4.89 Å². The topological polar surface area (TPSA) is 35.5 Å². The molecule has 0 amide bonds. The van der Waals surface area contributed by atoms with E-state index >= 15 is 0 Å². The molecule has 0 aliphatic rings. The second-order valence-electron chi connectivity index (χ2n) is 5.80. The first kappa shape index (κ1) is 18.7. The molecule has 22 heavy (non-hydrogen) atoms. The predicted octanol–water partition coefficient (Wildman–Crippen LogP) is 5.69. The van der Waals surface area contributed by atoms with Gasteiger partial charge in [0.05, 0.1) is 5.56 Å². The van der Waals surface area contributed by atoms with E-state index in [-0.39, 0.29) is 6.10 Å². The Morgan fingerprint density at radius 1 is 0.909 bits per heavy atom. The molecule has 1 aromatic carbocycles. The van der Waals surface area contributed by atoms with E-state index in [1.807, 2.05) is 18.2 Å². The quantitative estimate of drug-likeness (QED) is 0.282. The van der Waals surface area contributed by atoms with Crippen LogP contribution in [-0.4, -0.2) is 12.1 Å². The van der Waals surface area contributed by atoms with Crippen LogP contribution in [0.5, 0.6) is 0 Å². The molecule has 0 N–H and O–H groups in total. The smallest absolute Gasteiger partial charge is 0.293 e. The third kappa shape index (κ3) is 8.18. The Morgan fingerprint density at radius 2 is 1.59 bits per heavy atom. The van der Waals surface area contributed by atoms with E-state index in [1.165, 1.54) is 32.1 Å². The standard InChI is InChI=1S/C19H30O3/c1-3-5-6-7-8-12-16-18(13-4-2)21-22-19(20)17-14-10-9-11-15-17/h9-11,14-15,18H,3-8,12-13,16H2,1-2H3. The van der Waals surface area contributed by atoms with E-state index in [1.54, 1.807) is 12.1 Å². The van der Waals surface area contributed by atoms with Crippen molar-refractivity contribution >= 4 is 5.97 Å². The molecule has 0 spiro atoms. The number of benzene rings is 1. The third-order valence-corrected chi connectivity index (χ3v) is 3.76. The molecule has 1 rings (SSSR count). The number of carbonyl (C=O) groups excluding carboxylic acids is 1. The van der Waals surface area contributed by atoms with Gasteiger partial charge in [-0.3, -0.25) is 4.89 Å². The largest absolute Gasteiger partial charge is 0.373 e. The normalized spacial score (nSPS) is 12.1. The summed E-state index contributed by atoms with van der Waals surface area (Å²) in [5.41, 5.74) is 0.525. The molecule has 1 aromatic rings. The van der Waals surface area contributed by atoms with Gasteiger partial charge in [0.25, 0.3) is 0 Å². The summed E-state index contributed by atoms with van der Waals surface area (Å²) in [4.78, 5) is 22.2. The second kappa shape index (κ2) is 12.2. The minimum Gasteiger partial charge on any atom is -0.293 e. The fourth-order valence-corrected chi connectivity index (χ4v) is 2.45. The van der Waals surface area contributed by atoms with Gasteiger partial charge in [0.1, 0.15) is 6.10 Å². The Hall–Kier alpha value is -1.35. The van der Waals surface area contributed by atoms with Crippen LogP contribution in [-0.2, 0) is 9.78 Å². The first-order valence-corrected chi connectivity index (χ1v) is 8.70. The van der Waals surface area contributed by atoms with Gasteiger partial charge in [-0.15, -0.1) is 0 Å². The maximum atomic E-state index is 11.9.